The molecule has 0 saturated carbocycles. The lowest BCUT2D eigenvalue weighted by atomic mass is 10.0. The molecule has 1 aromatic heterocycles. The fraction of sp³-hybridized carbons (Fsp3) is 0.632. The molecule has 1 N–H and O–H groups in total. The Morgan fingerprint density at radius 3 is 2.77 bits per heavy atom. The van der Waals surface area contributed by atoms with E-state index < -0.39 is 0 Å². The molecule has 0 aromatic carbocycles. The van der Waals surface area contributed by atoms with Gasteiger partial charge in [0.2, 0.25) is 17.7 Å². The van der Waals surface area contributed by atoms with Crippen LogP contribution in [-0.2, 0) is 20.8 Å². The number of rotatable bonds is 5. The highest BCUT2D eigenvalue weighted by Gasteiger charge is 2.37. The van der Waals surface area contributed by atoms with E-state index in [4.69, 9.17) is 0 Å². The summed E-state index contributed by atoms with van der Waals surface area (Å²) in [5.74, 6) is 0.103. The van der Waals surface area contributed by atoms with Crippen LogP contribution in [0.2, 0.25) is 0 Å². The largest absolute Gasteiger partial charge is 0.352 e. The van der Waals surface area contributed by atoms with E-state index in [2.05, 4.69) is 5.32 Å². The van der Waals surface area contributed by atoms with Crippen LogP contribution in [-0.4, -0.2) is 59.2 Å². The molecule has 3 amide bonds. The van der Waals surface area contributed by atoms with Gasteiger partial charge < -0.3 is 15.1 Å². The number of thiophene rings is 1. The third-order valence-corrected chi connectivity index (χ3v) is 6.06. The van der Waals surface area contributed by atoms with Crippen molar-refractivity contribution in [3.63, 3.8) is 0 Å². The second-order valence-electron chi connectivity index (χ2n) is 7.05. The molecule has 0 bridgehead atoms. The van der Waals surface area contributed by atoms with Gasteiger partial charge in [0, 0.05) is 37.0 Å². The Morgan fingerprint density at radius 1 is 1.23 bits per heavy atom. The van der Waals surface area contributed by atoms with Crippen LogP contribution >= 0.6 is 11.3 Å². The maximum absolute atomic E-state index is 13.0. The summed E-state index contributed by atoms with van der Waals surface area (Å²) in [6, 6.07) is 3.58. The topological polar surface area (TPSA) is 69.7 Å². The number of carbonyl (C=O) groups is 3. The second kappa shape index (κ2) is 8.66. The van der Waals surface area contributed by atoms with Crippen molar-refractivity contribution >= 4 is 29.1 Å². The molecule has 3 heterocycles. The Labute approximate surface area is 158 Å². The van der Waals surface area contributed by atoms with E-state index in [1.165, 1.54) is 0 Å². The van der Waals surface area contributed by atoms with Crippen molar-refractivity contribution < 1.29 is 14.4 Å². The summed E-state index contributed by atoms with van der Waals surface area (Å²) in [4.78, 5) is 42.0. The maximum Gasteiger partial charge on any atom is 0.245 e. The van der Waals surface area contributed by atoms with Gasteiger partial charge in [-0.3, -0.25) is 14.4 Å². The molecule has 26 heavy (non-hydrogen) atoms. The average Bonchev–Trinajstić information content (AvgIpc) is 3.32. The monoisotopic (exact) mass is 377 g/mol. The van der Waals surface area contributed by atoms with Gasteiger partial charge in [0.05, 0.1) is 6.42 Å². The van der Waals surface area contributed by atoms with Gasteiger partial charge in [-0.1, -0.05) is 13.0 Å². The van der Waals surface area contributed by atoms with E-state index in [-0.39, 0.29) is 29.8 Å². The molecule has 7 heteroatoms. The Morgan fingerprint density at radius 2 is 2.04 bits per heavy atom. The third-order valence-electron chi connectivity index (χ3n) is 5.18. The highest BCUT2D eigenvalue weighted by Crippen LogP contribution is 2.23. The van der Waals surface area contributed by atoms with Gasteiger partial charge in [-0.05, 0) is 37.1 Å². The lowest BCUT2D eigenvalue weighted by Gasteiger charge is -2.36. The Bertz CT molecular complexity index is 646. The molecule has 142 valence electrons. The van der Waals surface area contributed by atoms with Gasteiger partial charge in [-0.25, -0.2) is 0 Å². The number of hydrogen-bond acceptors (Lipinski definition) is 4. The lowest BCUT2D eigenvalue weighted by Crippen LogP contribution is -2.54. The Balaban J connectivity index is 1.60. The van der Waals surface area contributed by atoms with Crippen molar-refractivity contribution in [3.05, 3.63) is 22.4 Å². The molecule has 1 aromatic rings. The molecule has 2 fully saturated rings. The molecule has 2 aliphatic heterocycles. The van der Waals surface area contributed by atoms with Crippen molar-refractivity contribution in [2.45, 2.75) is 57.5 Å². The van der Waals surface area contributed by atoms with Crippen LogP contribution in [0.1, 0.15) is 43.9 Å². The number of carbonyl (C=O) groups excluding carboxylic acids is 3. The van der Waals surface area contributed by atoms with Crippen LogP contribution in [0.5, 0.6) is 0 Å². The first kappa shape index (κ1) is 18.9. The summed E-state index contributed by atoms with van der Waals surface area (Å²) in [6.07, 6.45) is 4.22. The van der Waals surface area contributed by atoms with Crippen LogP contribution in [0.15, 0.2) is 17.5 Å². The first-order valence-corrected chi connectivity index (χ1v) is 10.4. The van der Waals surface area contributed by atoms with Crippen LogP contribution in [0.4, 0.5) is 0 Å². The van der Waals surface area contributed by atoms with Crippen molar-refractivity contribution in [3.8, 4) is 0 Å². The third kappa shape index (κ3) is 4.44. The molecule has 0 aliphatic carbocycles. The van der Waals surface area contributed by atoms with Gasteiger partial charge in [0.15, 0.2) is 0 Å². The Kier molecular flexibility index (Phi) is 6.29. The summed E-state index contributed by atoms with van der Waals surface area (Å²) in [5, 5.41) is 4.96. The highest BCUT2D eigenvalue weighted by atomic mass is 32.1. The minimum absolute atomic E-state index is 0.0248. The molecule has 2 atom stereocenters. The zero-order chi connectivity index (χ0) is 18.5. The van der Waals surface area contributed by atoms with Crippen molar-refractivity contribution in [1.82, 2.24) is 15.1 Å². The van der Waals surface area contributed by atoms with Crippen LogP contribution in [0.25, 0.3) is 0 Å². The summed E-state index contributed by atoms with van der Waals surface area (Å²) in [7, 11) is 0. The summed E-state index contributed by atoms with van der Waals surface area (Å²) in [5.41, 5.74) is 0. The number of nitrogens with zero attached hydrogens (tertiary/aromatic N) is 2. The zero-order valence-corrected chi connectivity index (χ0v) is 16.1. The predicted molar refractivity (Wildman–Crippen MR) is 101 cm³/mol. The van der Waals surface area contributed by atoms with Gasteiger partial charge in [-0.15, -0.1) is 11.3 Å². The van der Waals surface area contributed by atoms with Gasteiger partial charge in [-0.2, -0.15) is 0 Å². The maximum atomic E-state index is 13.0. The van der Waals surface area contributed by atoms with E-state index in [1.54, 1.807) is 16.2 Å². The standard InChI is InChI=1S/C19H27N3O3S/c1-2-17(23)20-14-6-3-9-21(13-14)19(25)16-8-4-10-22(16)18(24)12-15-7-5-11-26-15/h5,7,11,14,16H,2-4,6,8-10,12-13H2,1H3,(H,20,23). The van der Waals surface area contributed by atoms with Crippen LogP contribution in [0, 0.1) is 0 Å². The molecule has 6 nitrogen and oxygen atoms in total. The van der Waals surface area contributed by atoms with E-state index in [0.717, 1.165) is 30.6 Å². The normalized spacial score (nSPS) is 23.1. The van der Waals surface area contributed by atoms with Crippen molar-refractivity contribution in [2.75, 3.05) is 19.6 Å². The van der Waals surface area contributed by atoms with Gasteiger partial charge in [0.25, 0.3) is 0 Å². The van der Waals surface area contributed by atoms with E-state index in [1.807, 2.05) is 29.3 Å². The van der Waals surface area contributed by atoms with Gasteiger partial charge in [0.1, 0.15) is 6.04 Å². The van der Waals surface area contributed by atoms with Crippen LogP contribution in [0.3, 0.4) is 0 Å². The van der Waals surface area contributed by atoms with Crippen molar-refractivity contribution in [2.24, 2.45) is 0 Å². The van der Waals surface area contributed by atoms with E-state index in [0.29, 0.717) is 32.5 Å². The number of piperidine rings is 1. The molecule has 2 aliphatic rings. The molecule has 0 spiro atoms. The fourth-order valence-electron chi connectivity index (χ4n) is 3.82. The first-order chi connectivity index (χ1) is 12.6. The summed E-state index contributed by atoms with van der Waals surface area (Å²) in [6.45, 7) is 3.75. The number of nitrogens with one attached hydrogen (secondary N) is 1. The number of amides is 3. The molecule has 0 radical (unpaired) electrons. The average molecular weight is 378 g/mol. The van der Waals surface area contributed by atoms with Gasteiger partial charge >= 0.3 is 0 Å². The quantitative estimate of drug-likeness (QED) is 0.851. The lowest BCUT2D eigenvalue weighted by molar-refractivity contribution is -0.144. The molecule has 3 rings (SSSR count). The number of likely N-dealkylation sites (tertiary alicyclic amines) is 2. The fourth-order valence-corrected chi connectivity index (χ4v) is 4.52. The highest BCUT2D eigenvalue weighted by molar-refractivity contribution is 7.10. The molecule has 2 unspecified atom stereocenters. The second-order valence-corrected chi connectivity index (χ2v) is 8.08. The zero-order valence-electron chi connectivity index (χ0n) is 15.3. The number of hydrogen-bond donors (Lipinski definition) is 1. The van der Waals surface area contributed by atoms with E-state index >= 15 is 0 Å². The Hall–Kier alpha value is -1.89. The SMILES string of the molecule is CCC(=O)NC1CCCN(C(=O)C2CCCN2C(=O)Cc2cccs2)C1. The summed E-state index contributed by atoms with van der Waals surface area (Å²) >= 11 is 1.57. The first-order valence-electron chi connectivity index (χ1n) is 9.48. The molecular weight excluding hydrogens is 350 g/mol. The van der Waals surface area contributed by atoms with E-state index in [9.17, 15) is 14.4 Å². The minimum atomic E-state index is -0.344. The molecule has 2 saturated heterocycles. The predicted octanol–water partition coefficient (Wildman–Crippen LogP) is 1.80. The minimum Gasteiger partial charge on any atom is -0.352 e. The van der Waals surface area contributed by atoms with Crippen LogP contribution < -0.4 is 5.32 Å². The summed E-state index contributed by atoms with van der Waals surface area (Å²) < 4.78 is 0. The van der Waals surface area contributed by atoms with Crippen molar-refractivity contribution in [1.29, 1.82) is 0 Å². The molecular formula is C19H27N3O3S. The smallest absolute Gasteiger partial charge is 0.245 e.